The van der Waals surface area contributed by atoms with Gasteiger partial charge < -0.3 is 14.3 Å². The van der Waals surface area contributed by atoms with Crippen LogP contribution < -0.4 is 5.32 Å². The van der Waals surface area contributed by atoms with Crippen LogP contribution in [-0.4, -0.2) is 26.4 Å². The van der Waals surface area contributed by atoms with Crippen molar-refractivity contribution in [1.29, 1.82) is 0 Å². The third-order valence-electron chi connectivity index (χ3n) is 3.59. The van der Waals surface area contributed by atoms with E-state index in [1.165, 1.54) is 36.0 Å². The molecule has 2 heterocycles. The van der Waals surface area contributed by atoms with Crippen LogP contribution in [-0.2, 0) is 11.3 Å². The molecule has 0 fully saturated rings. The van der Waals surface area contributed by atoms with E-state index < -0.39 is 0 Å². The van der Waals surface area contributed by atoms with Crippen LogP contribution in [0.15, 0.2) is 46.2 Å². The zero-order valence-corrected chi connectivity index (χ0v) is 14.6. The molecule has 1 N–H and O–H groups in total. The largest absolute Gasteiger partial charge is 0.469 e. The van der Waals surface area contributed by atoms with Gasteiger partial charge in [0, 0.05) is 12.2 Å². The molecule has 130 valence electrons. The van der Waals surface area contributed by atoms with Crippen molar-refractivity contribution in [2.24, 2.45) is 0 Å². The Kier molecular flexibility index (Phi) is 5.18. The number of halogens is 1. The lowest BCUT2D eigenvalue weighted by Gasteiger charge is -2.07. The molecule has 0 saturated heterocycles. The second-order valence-electron chi connectivity index (χ2n) is 5.28. The Morgan fingerprint density at radius 2 is 2.04 bits per heavy atom. The predicted octanol–water partition coefficient (Wildman–Crippen LogP) is 3.74. The molecule has 3 aromatic rings. The van der Waals surface area contributed by atoms with Crippen LogP contribution in [0.1, 0.15) is 12.7 Å². The summed E-state index contributed by atoms with van der Waals surface area (Å²) in [5, 5.41) is 11.8. The summed E-state index contributed by atoms with van der Waals surface area (Å²) in [6.45, 7) is 4.53. The van der Waals surface area contributed by atoms with Gasteiger partial charge in [0.25, 0.3) is 0 Å². The smallest absolute Gasteiger partial charge is 0.234 e. The number of hydrogen-bond acceptors (Lipinski definition) is 5. The van der Waals surface area contributed by atoms with Gasteiger partial charge in [-0.3, -0.25) is 4.79 Å². The minimum Gasteiger partial charge on any atom is -0.469 e. The van der Waals surface area contributed by atoms with Crippen molar-refractivity contribution in [2.45, 2.75) is 25.5 Å². The first-order valence-corrected chi connectivity index (χ1v) is 8.73. The molecule has 25 heavy (non-hydrogen) atoms. The van der Waals surface area contributed by atoms with Crippen LogP contribution in [0.4, 0.5) is 10.1 Å². The van der Waals surface area contributed by atoms with Gasteiger partial charge in [-0.25, -0.2) is 4.39 Å². The van der Waals surface area contributed by atoms with Crippen LogP contribution in [0.2, 0.25) is 0 Å². The summed E-state index contributed by atoms with van der Waals surface area (Å²) in [5.41, 5.74) is 1.44. The van der Waals surface area contributed by atoms with E-state index in [4.69, 9.17) is 4.42 Å². The highest BCUT2D eigenvalue weighted by Gasteiger charge is 2.17. The number of nitrogens with one attached hydrogen (secondary N) is 1. The number of rotatable bonds is 6. The number of furan rings is 1. The summed E-state index contributed by atoms with van der Waals surface area (Å²) >= 11 is 1.30. The van der Waals surface area contributed by atoms with Gasteiger partial charge in [0.1, 0.15) is 11.6 Å². The normalized spacial score (nSPS) is 10.8. The third kappa shape index (κ3) is 3.90. The molecule has 0 aliphatic carbocycles. The first-order valence-electron chi connectivity index (χ1n) is 7.74. The molecular formula is C17H17FN4O2S. The lowest BCUT2D eigenvalue weighted by molar-refractivity contribution is -0.113. The second kappa shape index (κ2) is 7.52. The SMILES string of the molecule is CCn1c(SCC(=O)Nc2ccc(F)cc2)nnc1-c1ccoc1C. The first-order chi connectivity index (χ1) is 12.1. The number of aromatic nitrogens is 3. The minimum atomic E-state index is -0.342. The molecule has 0 spiro atoms. The Balaban J connectivity index is 1.67. The van der Waals surface area contributed by atoms with Crippen LogP contribution >= 0.6 is 11.8 Å². The fourth-order valence-corrected chi connectivity index (χ4v) is 3.16. The number of benzene rings is 1. The van der Waals surface area contributed by atoms with Crippen LogP contribution in [0, 0.1) is 12.7 Å². The van der Waals surface area contributed by atoms with E-state index in [0.717, 1.165) is 17.1 Å². The van der Waals surface area contributed by atoms with Gasteiger partial charge in [-0.1, -0.05) is 11.8 Å². The Labute approximate surface area is 148 Å². The molecule has 1 amide bonds. The van der Waals surface area contributed by atoms with Crippen molar-refractivity contribution in [2.75, 3.05) is 11.1 Å². The van der Waals surface area contributed by atoms with Gasteiger partial charge in [0.2, 0.25) is 5.91 Å². The summed E-state index contributed by atoms with van der Waals surface area (Å²) in [7, 11) is 0. The zero-order chi connectivity index (χ0) is 17.8. The number of amides is 1. The standard InChI is InChI=1S/C17H17FN4O2S/c1-3-22-16(14-8-9-24-11(14)2)20-21-17(22)25-10-15(23)19-13-6-4-12(18)5-7-13/h4-9H,3,10H2,1-2H3,(H,19,23). The topological polar surface area (TPSA) is 73.0 Å². The van der Waals surface area contributed by atoms with E-state index in [1.54, 1.807) is 6.26 Å². The fourth-order valence-electron chi connectivity index (χ4n) is 2.36. The van der Waals surface area contributed by atoms with Gasteiger partial charge in [0.15, 0.2) is 11.0 Å². The van der Waals surface area contributed by atoms with Crippen molar-refractivity contribution in [1.82, 2.24) is 14.8 Å². The Bertz CT molecular complexity index is 873. The third-order valence-corrected chi connectivity index (χ3v) is 4.56. The molecule has 2 aromatic heterocycles. The molecule has 0 aliphatic rings. The Morgan fingerprint density at radius 3 is 2.68 bits per heavy atom. The lowest BCUT2D eigenvalue weighted by Crippen LogP contribution is -2.14. The molecule has 0 atom stereocenters. The van der Waals surface area contributed by atoms with Crippen molar-refractivity contribution in [3.8, 4) is 11.4 Å². The quantitative estimate of drug-likeness (QED) is 0.678. The summed E-state index contributed by atoms with van der Waals surface area (Å²) in [6.07, 6.45) is 1.61. The molecule has 0 aliphatic heterocycles. The maximum Gasteiger partial charge on any atom is 0.234 e. The molecule has 0 saturated carbocycles. The number of nitrogens with zero attached hydrogens (tertiary/aromatic N) is 3. The number of hydrogen-bond donors (Lipinski definition) is 1. The van der Waals surface area contributed by atoms with Crippen molar-refractivity contribution >= 4 is 23.4 Å². The van der Waals surface area contributed by atoms with Crippen molar-refractivity contribution < 1.29 is 13.6 Å². The van der Waals surface area contributed by atoms with Gasteiger partial charge in [-0.2, -0.15) is 0 Å². The van der Waals surface area contributed by atoms with E-state index in [2.05, 4.69) is 15.5 Å². The summed E-state index contributed by atoms with van der Waals surface area (Å²) in [4.78, 5) is 12.1. The van der Waals surface area contributed by atoms with Gasteiger partial charge >= 0.3 is 0 Å². The Hall–Kier alpha value is -2.61. The van der Waals surface area contributed by atoms with Crippen molar-refractivity contribution in [3.05, 3.63) is 48.2 Å². The average molecular weight is 360 g/mol. The van der Waals surface area contributed by atoms with Gasteiger partial charge in [-0.15, -0.1) is 10.2 Å². The summed E-state index contributed by atoms with van der Waals surface area (Å²) < 4.78 is 20.1. The molecule has 3 rings (SSSR count). The first kappa shape index (κ1) is 17.2. The minimum absolute atomic E-state index is 0.180. The lowest BCUT2D eigenvalue weighted by atomic mass is 10.2. The van der Waals surface area contributed by atoms with Gasteiger partial charge in [0.05, 0.1) is 17.6 Å². The molecular weight excluding hydrogens is 343 g/mol. The maximum atomic E-state index is 12.9. The second-order valence-corrected chi connectivity index (χ2v) is 6.23. The average Bonchev–Trinajstić information content (AvgIpc) is 3.20. The molecule has 0 bridgehead atoms. The summed E-state index contributed by atoms with van der Waals surface area (Å²) in [6, 6.07) is 7.49. The van der Waals surface area contributed by atoms with E-state index in [9.17, 15) is 9.18 Å². The van der Waals surface area contributed by atoms with Gasteiger partial charge in [-0.05, 0) is 44.2 Å². The highest BCUT2D eigenvalue weighted by molar-refractivity contribution is 7.99. The predicted molar refractivity (Wildman–Crippen MR) is 93.9 cm³/mol. The number of anilines is 1. The van der Waals surface area contributed by atoms with Crippen molar-refractivity contribution in [3.63, 3.8) is 0 Å². The van der Waals surface area contributed by atoms with Crippen LogP contribution in [0.5, 0.6) is 0 Å². The number of carbonyl (C=O) groups is 1. The van der Waals surface area contributed by atoms with Crippen LogP contribution in [0.3, 0.4) is 0 Å². The molecule has 0 unspecified atom stereocenters. The van der Waals surface area contributed by atoms with E-state index >= 15 is 0 Å². The molecule has 6 nitrogen and oxygen atoms in total. The summed E-state index contributed by atoms with van der Waals surface area (Å²) in [5.74, 6) is 1.14. The molecule has 0 radical (unpaired) electrons. The number of thioether (sulfide) groups is 1. The van der Waals surface area contributed by atoms with Crippen LogP contribution in [0.25, 0.3) is 11.4 Å². The number of aryl methyl sites for hydroxylation is 1. The van der Waals surface area contributed by atoms with E-state index in [-0.39, 0.29) is 17.5 Å². The highest BCUT2D eigenvalue weighted by atomic mass is 32.2. The monoisotopic (exact) mass is 360 g/mol. The molecule has 1 aromatic carbocycles. The maximum absolute atomic E-state index is 12.9. The fraction of sp³-hybridized carbons (Fsp3) is 0.235. The zero-order valence-electron chi connectivity index (χ0n) is 13.8. The highest BCUT2D eigenvalue weighted by Crippen LogP contribution is 2.27. The molecule has 8 heteroatoms. The van der Waals surface area contributed by atoms with E-state index in [0.29, 0.717) is 17.4 Å². The number of carbonyl (C=O) groups excluding carboxylic acids is 1. The Morgan fingerprint density at radius 1 is 1.28 bits per heavy atom. The van der Waals surface area contributed by atoms with E-state index in [1.807, 2.05) is 24.5 Å².